The van der Waals surface area contributed by atoms with Crippen LogP contribution in [0.1, 0.15) is 12.0 Å². The Kier molecular flexibility index (Phi) is 3.82. The smallest absolute Gasteiger partial charge is 0.233 e. The first-order valence-corrected chi connectivity index (χ1v) is 8.69. The van der Waals surface area contributed by atoms with Crippen molar-refractivity contribution in [2.45, 2.75) is 12.8 Å². The number of likely N-dealkylation sites (tertiary alicyclic amines) is 1. The molecule has 4 unspecified atom stereocenters. The molecule has 1 aromatic rings. The number of anilines is 1. The van der Waals surface area contributed by atoms with Crippen molar-refractivity contribution >= 4 is 23.4 Å². The lowest BCUT2D eigenvalue weighted by Gasteiger charge is -2.17. The van der Waals surface area contributed by atoms with E-state index < -0.39 is 0 Å². The number of fused-ring (bicyclic) bond motifs is 5. The normalized spacial score (nSPS) is 29.4. The van der Waals surface area contributed by atoms with E-state index in [1.54, 1.807) is 12.1 Å². The lowest BCUT2D eigenvalue weighted by atomic mass is 9.85. The first kappa shape index (κ1) is 15.9. The molecule has 0 aromatic heterocycles. The van der Waals surface area contributed by atoms with Gasteiger partial charge in [0, 0.05) is 18.8 Å². The number of amides is 3. The Morgan fingerprint density at radius 2 is 1.68 bits per heavy atom. The standard InChI is InChI=1S/C19H21N3O3/c20-14-5-1-11(2-6-14)9-15(23)21-7-8-22-18(24)16-12-3-4-13(10-12)17(16)19(22)25/h1-6,12-13,16-17H,7-10,20H2,(H,21,23). The fraction of sp³-hybridized carbons (Fsp3) is 0.421. The van der Waals surface area contributed by atoms with Gasteiger partial charge in [0.15, 0.2) is 0 Å². The van der Waals surface area contributed by atoms with Crippen LogP contribution in [0.4, 0.5) is 5.69 Å². The van der Waals surface area contributed by atoms with Gasteiger partial charge in [0.05, 0.1) is 18.3 Å². The number of imide groups is 1. The molecule has 130 valence electrons. The molecule has 6 nitrogen and oxygen atoms in total. The molecule has 3 N–H and O–H groups in total. The molecular weight excluding hydrogens is 318 g/mol. The highest BCUT2D eigenvalue weighted by atomic mass is 16.2. The molecule has 3 amide bonds. The van der Waals surface area contributed by atoms with Gasteiger partial charge in [0.25, 0.3) is 0 Å². The quantitative estimate of drug-likeness (QED) is 0.470. The van der Waals surface area contributed by atoms with Crippen molar-refractivity contribution in [2.75, 3.05) is 18.8 Å². The first-order valence-electron chi connectivity index (χ1n) is 8.69. The summed E-state index contributed by atoms with van der Waals surface area (Å²) in [6.07, 6.45) is 5.34. The van der Waals surface area contributed by atoms with Crippen molar-refractivity contribution in [3.8, 4) is 0 Å². The molecule has 3 aliphatic rings. The van der Waals surface area contributed by atoms with Crippen molar-refractivity contribution in [3.63, 3.8) is 0 Å². The average Bonchev–Trinajstić information content (AvgIpc) is 3.26. The summed E-state index contributed by atoms with van der Waals surface area (Å²) in [6, 6.07) is 7.13. The van der Waals surface area contributed by atoms with Gasteiger partial charge in [-0.1, -0.05) is 24.3 Å². The molecule has 1 aromatic carbocycles. The number of nitrogens with two attached hydrogens (primary N) is 1. The molecule has 1 heterocycles. The molecule has 1 saturated heterocycles. The minimum absolute atomic E-state index is 0.0698. The number of carbonyl (C=O) groups is 3. The summed E-state index contributed by atoms with van der Waals surface area (Å²) >= 11 is 0. The Labute approximate surface area is 146 Å². The summed E-state index contributed by atoms with van der Waals surface area (Å²) in [5.74, 6) is -0.181. The summed E-state index contributed by atoms with van der Waals surface area (Å²) < 4.78 is 0. The third kappa shape index (κ3) is 2.71. The minimum Gasteiger partial charge on any atom is -0.399 e. The van der Waals surface area contributed by atoms with Crippen LogP contribution >= 0.6 is 0 Å². The summed E-state index contributed by atoms with van der Waals surface area (Å²) in [7, 11) is 0. The molecule has 2 bridgehead atoms. The van der Waals surface area contributed by atoms with E-state index in [0.717, 1.165) is 12.0 Å². The monoisotopic (exact) mass is 339 g/mol. The van der Waals surface area contributed by atoms with E-state index >= 15 is 0 Å². The van der Waals surface area contributed by atoms with E-state index in [1.165, 1.54) is 4.90 Å². The van der Waals surface area contributed by atoms with E-state index in [2.05, 4.69) is 17.5 Å². The van der Waals surface area contributed by atoms with Gasteiger partial charge >= 0.3 is 0 Å². The highest BCUT2D eigenvalue weighted by Crippen LogP contribution is 2.52. The van der Waals surface area contributed by atoms with Crippen LogP contribution in [0.3, 0.4) is 0 Å². The van der Waals surface area contributed by atoms with Crippen molar-refractivity contribution in [2.24, 2.45) is 23.7 Å². The predicted octanol–water partition coefficient (Wildman–Crippen LogP) is 0.735. The molecule has 4 rings (SSSR count). The zero-order valence-electron chi connectivity index (χ0n) is 13.9. The number of carbonyl (C=O) groups excluding carboxylic acids is 3. The number of allylic oxidation sites excluding steroid dienone is 2. The summed E-state index contributed by atoms with van der Waals surface area (Å²) in [5.41, 5.74) is 7.15. The van der Waals surface area contributed by atoms with Crippen LogP contribution in [-0.4, -0.2) is 35.7 Å². The molecule has 6 heteroatoms. The minimum atomic E-state index is -0.173. The SMILES string of the molecule is Nc1ccc(CC(=O)NCCN2C(=O)C3C4C=CC(C4)C3C2=O)cc1. The Morgan fingerprint density at radius 3 is 2.28 bits per heavy atom. The van der Waals surface area contributed by atoms with Crippen molar-refractivity contribution in [1.82, 2.24) is 10.2 Å². The highest BCUT2D eigenvalue weighted by Gasteiger charge is 2.58. The molecule has 0 spiro atoms. The van der Waals surface area contributed by atoms with Gasteiger partial charge in [-0.3, -0.25) is 19.3 Å². The van der Waals surface area contributed by atoms with Crippen molar-refractivity contribution < 1.29 is 14.4 Å². The first-order chi connectivity index (χ1) is 12.0. The zero-order valence-corrected chi connectivity index (χ0v) is 13.9. The van der Waals surface area contributed by atoms with Crippen molar-refractivity contribution in [1.29, 1.82) is 0 Å². The van der Waals surface area contributed by atoms with E-state index in [-0.39, 0.29) is 60.9 Å². The van der Waals surface area contributed by atoms with Crippen LogP contribution in [0.2, 0.25) is 0 Å². The third-order valence-electron chi connectivity index (χ3n) is 5.56. The van der Waals surface area contributed by atoms with Crippen LogP contribution in [0.25, 0.3) is 0 Å². The molecule has 1 aliphatic heterocycles. The fourth-order valence-corrected chi connectivity index (χ4v) is 4.37. The summed E-state index contributed by atoms with van der Waals surface area (Å²) in [4.78, 5) is 38.4. The Morgan fingerprint density at radius 1 is 1.08 bits per heavy atom. The average molecular weight is 339 g/mol. The Bertz CT molecular complexity index is 726. The van der Waals surface area contributed by atoms with Crippen LogP contribution in [0.15, 0.2) is 36.4 Å². The lowest BCUT2D eigenvalue weighted by molar-refractivity contribution is -0.141. The van der Waals surface area contributed by atoms with Gasteiger partial charge in [-0.25, -0.2) is 0 Å². The van der Waals surface area contributed by atoms with Crippen LogP contribution in [-0.2, 0) is 20.8 Å². The second-order valence-corrected chi connectivity index (χ2v) is 7.10. The molecular formula is C19H21N3O3. The number of nitrogen functional groups attached to an aromatic ring is 1. The topological polar surface area (TPSA) is 92.5 Å². The maximum absolute atomic E-state index is 12.5. The molecule has 4 atom stereocenters. The zero-order chi connectivity index (χ0) is 17.6. The number of hydrogen-bond acceptors (Lipinski definition) is 4. The van der Waals surface area contributed by atoms with Gasteiger partial charge in [0.2, 0.25) is 17.7 Å². The fourth-order valence-electron chi connectivity index (χ4n) is 4.37. The van der Waals surface area contributed by atoms with Gasteiger partial charge in [-0.2, -0.15) is 0 Å². The number of nitrogens with one attached hydrogen (secondary N) is 1. The van der Waals surface area contributed by atoms with E-state index in [9.17, 15) is 14.4 Å². The Balaban J connectivity index is 1.29. The van der Waals surface area contributed by atoms with Crippen LogP contribution < -0.4 is 11.1 Å². The van der Waals surface area contributed by atoms with Crippen LogP contribution in [0.5, 0.6) is 0 Å². The van der Waals surface area contributed by atoms with Gasteiger partial charge in [0.1, 0.15) is 0 Å². The molecule has 25 heavy (non-hydrogen) atoms. The number of hydrogen-bond donors (Lipinski definition) is 2. The Hall–Kier alpha value is -2.63. The van der Waals surface area contributed by atoms with Gasteiger partial charge in [-0.15, -0.1) is 0 Å². The second-order valence-electron chi connectivity index (χ2n) is 7.10. The highest BCUT2D eigenvalue weighted by molar-refractivity contribution is 6.06. The molecule has 2 fully saturated rings. The van der Waals surface area contributed by atoms with E-state index in [0.29, 0.717) is 5.69 Å². The maximum Gasteiger partial charge on any atom is 0.233 e. The van der Waals surface area contributed by atoms with Gasteiger partial charge in [-0.05, 0) is 36.0 Å². The summed E-state index contributed by atoms with van der Waals surface area (Å²) in [5, 5.41) is 2.79. The van der Waals surface area contributed by atoms with E-state index in [4.69, 9.17) is 5.73 Å². The predicted molar refractivity (Wildman–Crippen MR) is 92.0 cm³/mol. The number of benzene rings is 1. The third-order valence-corrected chi connectivity index (χ3v) is 5.56. The number of nitrogens with zero attached hydrogens (tertiary/aromatic N) is 1. The second kappa shape index (κ2) is 6.02. The molecule has 0 radical (unpaired) electrons. The summed E-state index contributed by atoms with van der Waals surface area (Å²) in [6.45, 7) is 0.533. The van der Waals surface area contributed by atoms with Crippen LogP contribution in [0, 0.1) is 23.7 Å². The lowest BCUT2D eigenvalue weighted by Crippen LogP contribution is -2.40. The molecule has 1 saturated carbocycles. The van der Waals surface area contributed by atoms with Gasteiger partial charge < -0.3 is 11.1 Å². The van der Waals surface area contributed by atoms with E-state index in [1.807, 2.05) is 12.1 Å². The maximum atomic E-state index is 12.5. The number of rotatable bonds is 5. The largest absolute Gasteiger partial charge is 0.399 e. The van der Waals surface area contributed by atoms with Crippen molar-refractivity contribution in [3.05, 3.63) is 42.0 Å². The molecule has 2 aliphatic carbocycles.